The molecule has 0 aliphatic heterocycles. The molecule has 0 N–H and O–H groups in total. The zero-order valence-electron chi connectivity index (χ0n) is 11.8. The van der Waals surface area contributed by atoms with Gasteiger partial charge in [-0.05, 0) is 30.7 Å². The monoisotopic (exact) mass is 265 g/mol. The van der Waals surface area contributed by atoms with Crippen molar-refractivity contribution in [3.63, 3.8) is 0 Å². The van der Waals surface area contributed by atoms with Crippen molar-refractivity contribution in [2.24, 2.45) is 0 Å². The second-order valence-electron chi connectivity index (χ2n) is 5.00. The number of aromatic nitrogens is 3. The van der Waals surface area contributed by atoms with E-state index in [0.29, 0.717) is 0 Å². The molecule has 1 aromatic carbocycles. The molecular weight excluding hydrogens is 246 g/mol. The summed E-state index contributed by atoms with van der Waals surface area (Å²) in [6, 6.07) is 14.3. The van der Waals surface area contributed by atoms with Gasteiger partial charge in [-0.15, -0.1) is 0 Å². The van der Waals surface area contributed by atoms with Gasteiger partial charge in [0.2, 0.25) is 0 Å². The van der Waals surface area contributed by atoms with Gasteiger partial charge in [-0.2, -0.15) is 0 Å². The van der Waals surface area contributed by atoms with Crippen molar-refractivity contribution in [1.82, 2.24) is 14.5 Å². The molecule has 0 spiro atoms. The van der Waals surface area contributed by atoms with Crippen LogP contribution < -0.4 is 0 Å². The van der Waals surface area contributed by atoms with Crippen LogP contribution in [0, 0.1) is 0 Å². The van der Waals surface area contributed by atoms with E-state index in [1.165, 1.54) is 19.3 Å². The predicted molar refractivity (Wildman–Crippen MR) is 82.1 cm³/mol. The summed E-state index contributed by atoms with van der Waals surface area (Å²) in [6.45, 7) is 2.22. The maximum absolute atomic E-state index is 4.76. The van der Waals surface area contributed by atoms with E-state index in [0.717, 1.165) is 29.1 Å². The summed E-state index contributed by atoms with van der Waals surface area (Å²) in [5.74, 6) is 1.11. The first-order chi connectivity index (χ1) is 9.90. The van der Waals surface area contributed by atoms with Crippen LogP contribution in [-0.2, 0) is 6.42 Å². The number of fused-ring (bicyclic) bond motifs is 1. The highest BCUT2D eigenvalue weighted by molar-refractivity contribution is 5.73. The summed E-state index contributed by atoms with van der Waals surface area (Å²) in [4.78, 5) is 9.27. The fourth-order valence-corrected chi connectivity index (χ4v) is 2.51. The number of imidazole rings is 1. The van der Waals surface area contributed by atoms with Crippen molar-refractivity contribution in [3.8, 4) is 5.69 Å². The number of rotatable bonds is 5. The van der Waals surface area contributed by atoms with Crippen LogP contribution in [-0.4, -0.2) is 14.5 Å². The molecule has 102 valence electrons. The van der Waals surface area contributed by atoms with Gasteiger partial charge in [0, 0.05) is 18.3 Å². The summed E-state index contributed by atoms with van der Waals surface area (Å²) >= 11 is 0. The second-order valence-corrected chi connectivity index (χ2v) is 5.00. The van der Waals surface area contributed by atoms with Gasteiger partial charge in [0.25, 0.3) is 0 Å². The fourth-order valence-electron chi connectivity index (χ4n) is 2.51. The Bertz CT molecular complexity index is 686. The molecule has 0 saturated carbocycles. The van der Waals surface area contributed by atoms with Crippen LogP contribution in [0.15, 0.2) is 48.7 Å². The van der Waals surface area contributed by atoms with E-state index in [1.807, 2.05) is 24.4 Å². The lowest BCUT2D eigenvalue weighted by Gasteiger charge is -2.08. The molecule has 3 heteroatoms. The third kappa shape index (κ3) is 2.44. The highest BCUT2D eigenvalue weighted by Gasteiger charge is 2.12. The first-order valence-corrected chi connectivity index (χ1v) is 7.28. The molecule has 0 fully saturated rings. The third-order valence-corrected chi connectivity index (χ3v) is 3.50. The van der Waals surface area contributed by atoms with Crippen molar-refractivity contribution in [2.45, 2.75) is 32.6 Å². The van der Waals surface area contributed by atoms with E-state index in [9.17, 15) is 0 Å². The molecule has 0 radical (unpaired) electrons. The van der Waals surface area contributed by atoms with E-state index < -0.39 is 0 Å². The van der Waals surface area contributed by atoms with Crippen LogP contribution in [0.25, 0.3) is 16.9 Å². The molecule has 0 aliphatic carbocycles. The van der Waals surface area contributed by atoms with Gasteiger partial charge in [0.15, 0.2) is 5.65 Å². The maximum Gasteiger partial charge on any atom is 0.164 e. The fraction of sp³-hybridized carbons (Fsp3) is 0.294. The van der Waals surface area contributed by atoms with Gasteiger partial charge in [-0.25, -0.2) is 9.97 Å². The summed E-state index contributed by atoms with van der Waals surface area (Å²) < 4.78 is 2.19. The van der Waals surface area contributed by atoms with Crippen LogP contribution in [0.4, 0.5) is 0 Å². The number of benzene rings is 1. The topological polar surface area (TPSA) is 30.7 Å². The average molecular weight is 265 g/mol. The number of para-hydroxylation sites is 1. The lowest BCUT2D eigenvalue weighted by molar-refractivity contribution is 0.688. The number of nitrogens with zero attached hydrogens (tertiary/aromatic N) is 3. The van der Waals surface area contributed by atoms with Gasteiger partial charge in [-0.1, -0.05) is 38.0 Å². The van der Waals surface area contributed by atoms with E-state index in [1.54, 1.807) is 0 Å². The van der Waals surface area contributed by atoms with Crippen molar-refractivity contribution in [2.75, 3.05) is 0 Å². The zero-order chi connectivity index (χ0) is 13.8. The van der Waals surface area contributed by atoms with Gasteiger partial charge in [0.1, 0.15) is 11.3 Å². The second kappa shape index (κ2) is 5.87. The van der Waals surface area contributed by atoms with E-state index in [4.69, 9.17) is 4.98 Å². The SMILES string of the molecule is CCCCCc1nc2cccnc2n1-c1ccccc1. The molecule has 2 aromatic heterocycles. The molecule has 0 aliphatic rings. The Labute approximate surface area is 119 Å². The van der Waals surface area contributed by atoms with E-state index in [-0.39, 0.29) is 0 Å². The van der Waals surface area contributed by atoms with Gasteiger partial charge < -0.3 is 0 Å². The molecule has 0 bridgehead atoms. The van der Waals surface area contributed by atoms with Crippen molar-refractivity contribution in [3.05, 3.63) is 54.5 Å². The van der Waals surface area contributed by atoms with Crippen LogP contribution >= 0.6 is 0 Å². The van der Waals surface area contributed by atoms with Crippen LogP contribution in [0.3, 0.4) is 0 Å². The van der Waals surface area contributed by atoms with Crippen molar-refractivity contribution >= 4 is 11.2 Å². The first kappa shape index (κ1) is 12.9. The molecule has 0 unspecified atom stereocenters. The minimum Gasteiger partial charge on any atom is -0.281 e. The molecule has 3 aromatic rings. The number of hydrogen-bond donors (Lipinski definition) is 0. The predicted octanol–water partition coefficient (Wildman–Crippen LogP) is 4.15. The third-order valence-electron chi connectivity index (χ3n) is 3.50. The highest BCUT2D eigenvalue weighted by atomic mass is 15.1. The Kier molecular flexibility index (Phi) is 3.77. The normalized spacial score (nSPS) is 11.1. The number of hydrogen-bond acceptors (Lipinski definition) is 2. The number of pyridine rings is 1. The Balaban J connectivity index is 2.09. The van der Waals surface area contributed by atoms with Gasteiger partial charge >= 0.3 is 0 Å². The van der Waals surface area contributed by atoms with Crippen LogP contribution in [0.2, 0.25) is 0 Å². The summed E-state index contributed by atoms with van der Waals surface area (Å²) in [7, 11) is 0. The summed E-state index contributed by atoms with van der Waals surface area (Å²) in [5.41, 5.74) is 3.06. The quantitative estimate of drug-likeness (QED) is 0.649. The molecule has 2 heterocycles. The minimum atomic E-state index is 0.949. The largest absolute Gasteiger partial charge is 0.281 e. The van der Waals surface area contributed by atoms with Crippen LogP contribution in [0.1, 0.15) is 32.0 Å². The Morgan fingerprint density at radius 1 is 1.00 bits per heavy atom. The molecule has 3 rings (SSSR count). The van der Waals surface area contributed by atoms with E-state index in [2.05, 4.69) is 40.7 Å². The number of unbranched alkanes of at least 4 members (excludes halogenated alkanes) is 2. The summed E-state index contributed by atoms with van der Waals surface area (Å²) in [6.07, 6.45) is 6.47. The molecule has 3 nitrogen and oxygen atoms in total. The average Bonchev–Trinajstić information content (AvgIpc) is 2.86. The van der Waals surface area contributed by atoms with E-state index >= 15 is 0 Å². The lowest BCUT2D eigenvalue weighted by atomic mass is 10.2. The minimum absolute atomic E-state index is 0.949. The summed E-state index contributed by atoms with van der Waals surface area (Å²) in [5, 5.41) is 0. The van der Waals surface area contributed by atoms with Crippen molar-refractivity contribution < 1.29 is 0 Å². The van der Waals surface area contributed by atoms with Crippen molar-refractivity contribution in [1.29, 1.82) is 0 Å². The molecule has 20 heavy (non-hydrogen) atoms. The number of aryl methyl sites for hydroxylation is 1. The Hall–Kier alpha value is -2.16. The first-order valence-electron chi connectivity index (χ1n) is 7.28. The molecule has 0 atom stereocenters. The molecule has 0 amide bonds. The highest BCUT2D eigenvalue weighted by Crippen LogP contribution is 2.20. The standard InChI is InChI=1S/C17H19N3/c1-2-3-5-12-16-19-15-11-8-13-18-17(15)20(16)14-9-6-4-7-10-14/h4,6-11,13H,2-3,5,12H2,1H3. The van der Waals surface area contributed by atoms with Crippen LogP contribution in [0.5, 0.6) is 0 Å². The smallest absolute Gasteiger partial charge is 0.164 e. The molecular formula is C17H19N3. The van der Waals surface area contributed by atoms with Gasteiger partial charge in [0.05, 0.1) is 0 Å². The zero-order valence-corrected chi connectivity index (χ0v) is 11.8. The lowest BCUT2D eigenvalue weighted by Crippen LogP contribution is -2.02. The maximum atomic E-state index is 4.76. The van der Waals surface area contributed by atoms with Gasteiger partial charge in [-0.3, -0.25) is 4.57 Å². The molecule has 0 saturated heterocycles. The Morgan fingerprint density at radius 3 is 2.65 bits per heavy atom. The Morgan fingerprint density at radius 2 is 1.85 bits per heavy atom.